The Kier molecular flexibility index (Phi) is 1.89. The van der Waals surface area contributed by atoms with Crippen LogP contribution in [0.2, 0.25) is 0 Å². The molecule has 1 rings (SSSR count). The first-order valence-electron chi connectivity index (χ1n) is 2.76. The van der Waals surface area contributed by atoms with Gasteiger partial charge in [0, 0.05) is 0 Å². The fraction of sp³-hybridized carbons (Fsp3) is 0.286. The molecule has 9 heavy (non-hydrogen) atoms. The van der Waals surface area contributed by atoms with E-state index in [2.05, 4.69) is 6.92 Å². The molecular weight excluding hydrogens is 179 g/mol. The van der Waals surface area contributed by atoms with E-state index in [-0.39, 0.29) is 0 Å². The van der Waals surface area contributed by atoms with Crippen molar-refractivity contribution < 1.29 is 4.79 Å². The van der Waals surface area contributed by atoms with Gasteiger partial charge >= 0.3 is 59.9 Å². The molecule has 1 aromatic rings. The Balaban J connectivity index is 3.15. The number of aryl methyl sites for hydroxylation is 2. The molecule has 0 aliphatic carbocycles. The van der Waals surface area contributed by atoms with Crippen molar-refractivity contribution in [1.82, 2.24) is 0 Å². The van der Waals surface area contributed by atoms with Crippen molar-refractivity contribution in [2.24, 2.45) is 0 Å². The summed E-state index contributed by atoms with van der Waals surface area (Å²) in [6, 6.07) is 1.97. The molecule has 48 valence electrons. The van der Waals surface area contributed by atoms with E-state index in [1.54, 1.807) is 0 Å². The average molecular weight is 187 g/mol. The zero-order chi connectivity index (χ0) is 6.85. The van der Waals surface area contributed by atoms with Gasteiger partial charge in [0.2, 0.25) is 0 Å². The van der Waals surface area contributed by atoms with Gasteiger partial charge in [0.25, 0.3) is 0 Å². The topological polar surface area (TPSA) is 17.1 Å². The molecule has 0 saturated heterocycles. The minimum absolute atomic E-state index is 0.468. The van der Waals surface area contributed by atoms with Crippen molar-refractivity contribution in [3.8, 4) is 0 Å². The molecule has 0 aliphatic heterocycles. The van der Waals surface area contributed by atoms with E-state index in [1.807, 2.05) is 13.0 Å². The van der Waals surface area contributed by atoms with Crippen LogP contribution in [-0.4, -0.2) is 20.8 Å². The first-order valence-corrected chi connectivity index (χ1v) is 4.47. The van der Waals surface area contributed by atoms with Gasteiger partial charge in [-0.3, -0.25) is 0 Å². The van der Waals surface area contributed by atoms with Crippen LogP contribution in [0.4, 0.5) is 0 Å². The van der Waals surface area contributed by atoms with Crippen LogP contribution in [0.25, 0.3) is 0 Å². The molecule has 1 heterocycles. The third-order valence-corrected chi connectivity index (χ3v) is 3.27. The summed E-state index contributed by atoms with van der Waals surface area (Å²) in [5, 5.41) is 0. The van der Waals surface area contributed by atoms with Gasteiger partial charge in [-0.1, -0.05) is 0 Å². The molecule has 1 aromatic heterocycles. The van der Waals surface area contributed by atoms with Crippen LogP contribution in [0.3, 0.4) is 0 Å². The Hall–Kier alpha value is -0.331. The van der Waals surface area contributed by atoms with Crippen LogP contribution in [0, 0.1) is 13.8 Å². The first-order chi connectivity index (χ1) is 4.24. The Morgan fingerprint density at radius 3 is 2.44 bits per heavy atom. The number of rotatable bonds is 1. The van der Waals surface area contributed by atoms with E-state index in [9.17, 15) is 4.79 Å². The summed E-state index contributed by atoms with van der Waals surface area (Å²) >= 11 is 0.468. The van der Waals surface area contributed by atoms with Gasteiger partial charge in [0.15, 0.2) is 0 Å². The molecule has 2 heteroatoms. The van der Waals surface area contributed by atoms with Gasteiger partial charge in [0.1, 0.15) is 0 Å². The molecule has 0 atom stereocenters. The van der Waals surface area contributed by atoms with Crippen molar-refractivity contribution in [2.45, 2.75) is 13.8 Å². The third kappa shape index (κ3) is 1.32. The van der Waals surface area contributed by atoms with Gasteiger partial charge in [-0.15, -0.1) is 0 Å². The van der Waals surface area contributed by atoms with Crippen LogP contribution in [0.1, 0.15) is 19.2 Å². The molecule has 1 nitrogen and oxygen atoms in total. The van der Waals surface area contributed by atoms with E-state index >= 15 is 0 Å². The van der Waals surface area contributed by atoms with Crippen molar-refractivity contribution in [3.63, 3.8) is 0 Å². The molecule has 0 bridgehead atoms. The Morgan fingerprint density at radius 1 is 1.56 bits per heavy atom. The molecule has 0 radical (unpaired) electrons. The molecule has 0 spiro atoms. The van der Waals surface area contributed by atoms with Gasteiger partial charge in [-0.25, -0.2) is 0 Å². The van der Waals surface area contributed by atoms with Crippen LogP contribution < -0.4 is 0 Å². The Labute approximate surface area is 60.4 Å². The maximum atomic E-state index is 10.3. The fourth-order valence-electron chi connectivity index (χ4n) is 0.767. The summed E-state index contributed by atoms with van der Waals surface area (Å²) in [6.45, 7) is 4.09. The molecule has 0 aliphatic rings. The summed E-state index contributed by atoms with van der Waals surface area (Å²) in [5.74, 6) is 0. The summed E-state index contributed by atoms with van der Waals surface area (Å²) in [4.78, 5) is 10.3. The zero-order valence-corrected chi connectivity index (χ0v) is 7.18. The second-order valence-corrected chi connectivity index (χ2v) is 5.05. The van der Waals surface area contributed by atoms with E-state index < -0.39 is 0 Å². The molecule has 0 fully saturated rings. The number of aldehydes is 1. The quantitative estimate of drug-likeness (QED) is 0.476. The van der Waals surface area contributed by atoms with Crippen LogP contribution in [-0.2, 0) is 0 Å². The zero-order valence-electron chi connectivity index (χ0n) is 5.47. The molecule has 0 N–H and O–H groups in total. The Morgan fingerprint density at radius 2 is 2.22 bits per heavy atom. The summed E-state index contributed by atoms with van der Waals surface area (Å²) in [5.41, 5.74) is 0.896. The van der Waals surface area contributed by atoms with Gasteiger partial charge in [-0.05, 0) is 0 Å². The van der Waals surface area contributed by atoms with Crippen molar-refractivity contribution in [2.75, 3.05) is 0 Å². The summed E-state index contributed by atoms with van der Waals surface area (Å²) in [6.07, 6.45) is 0.938. The maximum absolute atomic E-state index is 10.3. The van der Waals surface area contributed by atoms with Gasteiger partial charge in [-0.2, -0.15) is 0 Å². The normalized spacial score (nSPS) is 9.56. The summed E-state index contributed by atoms with van der Waals surface area (Å²) in [7, 11) is 0. The van der Waals surface area contributed by atoms with Gasteiger partial charge in [0.05, 0.1) is 0 Å². The molecule has 0 amide bonds. The number of hydrogen-bond acceptors (Lipinski definition) is 1. The third-order valence-electron chi connectivity index (χ3n) is 1.21. The standard InChI is InChI=1S/C7H8OSe/c1-5-3-7(4-8)6(2)9-5/h3-4H,1-2H3. The van der Waals surface area contributed by atoms with Crippen LogP contribution in [0.5, 0.6) is 0 Å². The molecule has 0 unspecified atom stereocenters. The second-order valence-electron chi connectivity index (χ2n) is 1.99. The van der Waals surface area contributed by atoms with Crippen molar-refractivity contribution in [3.05, 3.63) is 20.5 Å². The van der Waals surface area contributed by atoms with Crippen LogP contribution in [0.15, 0.2) is 6.07 Å². The summed E-state index contributed by atoms with van der Waals surface area (Å²) < 4.78 is 2.61. The minimum atomic E-state index is 0.468. The molecule has 0 aromatic carbocycles. The van der Waals surface area contributed by atoms with E-state index in [0.29, 0.717) is 14.5 Å². The number of hydrogen-bond donors (Lipinski definition) is 0. The average Bonchev–Trinajstić information content (AvgIpc) is 2.10. The first kappa shape index (κ1) is 6.78. The fourth-order valence-corrected chi connectivity index (χ4v) is 2.64. The van der Waals surface area contributed by atoms with E-state index in [1.165, 1.54) is 8.87 Å². The van der Waals surface area contributed by atoms with E-state index in [0.717, 1.165) is 11.8 Å². The molecular formula is C7H8OSe. The van der Waals surface area contributed by atoms with Gasteiger partial charge < -0.3 is 0 Å². The van der Waals surface area contributed by atoms with E-state index in [4.69, 9.17) is 0 Å². The van der Waals surface area contributed by atoms with Crippen molar-refractivity contribution >= 4 is 20.8 Å². The van der Waals surface area contributed by atoms with Crippen LogP contribution >= 0.6 is 0 Å². The second kappa shape index (κ2) is 2.51. The SMILES string of the molecule is Cc1cc(C=O)c(C)[se]1. The molecule has 0 saturated carbocycles. The monoisotopic (exact) mass is 188 g/mol. The van der Waals surface area contributed by atoms with Crippen molar-refractivity contribution in [1.29, 1.82) is 0 Å². The predicted octanol–water partition coefficient (Wildman–Crippen LogP) is 1.17. The number of carbonyl (C=O) groups is 1. The Bertz CT molecular complexity index is 225. The number of carbonyl (C=O) groups excluding carboxylic acids is 1. The predicted molar refractivity (Wildman–Crippen MR) is 38.2 cm³/mol.